The van der Waals surface area contributed by atoms with Crippen molar-refractivity contribution >= 4 is 0 Å². The molecule has 5 heteroatoms. The van der Waals surface area contributed by atoms with Gasteiger partial charge in [0, 0.05) is 24.0 Å². The molecule has 0 atom stereocenters. The summed E-state index contributed by atoms with van der Waals surface area (Å²) in [5.41, 5.74) is 3.07. The predicted molar refractivity (Wildman–Crippen MR) is 81.0 cm³/mol. The fourth-order valence-electron chi connectivity index (χ4n) is 2.22. The summed E-state index contributed by atoms with van der Waals surface area (Å²) in [6.07, 6.45) is 5.35. The van der Waals surface area contributed by atoms with Gasteiger partial charge in [0.2, 0.25) is 0 Å². The number of rotatable bonds is 5. The summed E-state index contributed by atoms with van der Waals surface area (Å²) in [5.74, 6) is 0.839. The summed E-state index contributed by atoms with van der Waals surface area (Å²) < 4.78 is 7.79. The molecule has 2 heterocycles. The minimum atomic E-state index is 0.334. The smallest absolute Gasteiger partial charge is 0.130 e. The Bertz CT molecular complexity index is 683. The highest BCUT2D eigenvalue weighted by molar-refractivity contribution is 5.58. The van der Waals surface area contributed by atoms with Crippen molar-refractivity contribution in [3.63, 3.8) is 0 Å². The maximum atomic E-state index is 5.82. The van der Waals surface area contributed by atoms with Gasteiger partial charge in [0.15, 0.2) is 0 Å². The molecule has 0 saturated heterocycles. The monoisotopic (exact) mass is 282 g/mol. The van der Waals surface area contributed by atoms with Crippen LogP contribution in [0.1, 0.15) is 25.6 Å². The molecule has 1 aromatic carbocycles. The van der Waals surface area contributed by atoms with Crippen LogP contribution in [-0.2, 0) is 6.61 Å². The summed E-state index contributed by atoms with van der Waals surface area (Å²) in [4.78, 5) is 7.18. The van der Waals surface area contributed by atoms with Crippen LogP contribution in [0, 0.1) is 0 Å². The van der Waals surface area contributed by atoms with E-state index < -0.39 is 0 Å². The first-order valence-electron chi connectivity index (χ1n) is 6.98. The molecule has 0 aliphatic rings. The number of aromatic nitrogens is 4. The van der Waals surface area contributed by atoms with Gasteiger partial charge in [0.25, 0.3) is 0 Å². The minimum absolute atomic E-state index is 0.334. The summed E-state index contributed by atoms with van der Waals surface area (Å²) in [5, 5.41) is 4.30. The van der Waals surface area contributed by atoms with Gasteiger partial charge in [-0.1, -0.05) is 0 Å². The lowest BCUT2D eigenvalue weighted by molar-refractivity contribution is 0.288. The Morgan fingerprint density at radius 2 is 2.00 bits per heavy atom. The molecule has 0 aliphatic heterocycles. The molecule has 0 radical (unpaired) electrons. The number of hydrogen-bond donors (Lipinski definition) is 1. The molecule has 5 nitrogen and oxygen atoms in total. The highest BCUT2D eigenvalue weighted by Gasteiger charge is 2.06. The molecule has 0 amide bonds. The van der Waals surface area contributed by atoms with E-state index in [9.17, 15) is 0 Å². The van der Waals surface area contributed by atoms with Gasteiger partial charge in [-0.3, -0.25) is 4.68 Å². The van der Waals surface area contributed by atoms with Crippen molar-refractivity contribution in [2.75, 3.05) is 0 Å². The predicted octanol–water partition coefficient (Wildman–Crippen LogP) is 3.43. The van der Waals surface area contributed by atoms with E-state index >= 15 is 0 Å². The molecule has 1 N–H and O–H groups in total. The first-order valence-corrected chi connectivity index (χ1v) is 6.98. The third-order valence-corrected chi connectivity index (χ3v) is 3.28. The Morgan fingerprint density at radius 3 is 2.67 bits per heavy atom. The van der Waals surface area contributed by atoms with Crippen molar-refractivity contribution in [1.82, 2.24) is 19.7 Å². The van der Waals surface area contributed by atoms with E-state index in [0.717, 1.165) is 22.7 Å². The molecule has 0 spiro atoms. The Kier molecular flexibility index (Phi) is 3.73. The summed E-state index contributed by atoms with van der Waals surface area (Å²) in [6.45, 7) is 4.73. The number of hydrogen-bond acceptors (Lipinski definition) is 3. The van der Waals surface area contributed by atoms with Crippen LogP contribution in [0.2, 0.25) is 0 Å². The molecule has 0 unspecified atom stereocenters. The Hall–Kier alpha value is -2.56. The van der Waals surface area contributed by atoms with Crippen molar-refractivity contribution in [2.45, 2.75) is 26.5 Å². The lowest BCUT2D eigenvalue weighted by Gasteiger charge is -2.12. The Balaban J connectivity index is 1.67. The number of ether oxygens (including phenoxy) is 1. The second-order valence-corrected chi connectivity index (χ2v) is 5.13. The maximum absolute atomic E-state index is 5.82. The van der Waals surface area contributed by atoms with Crippen molar-refractivity contribution in [2.24, 2.45) is 0 Å². The highest BCUT2D eigenvalue weighted by atomic mass is 16.5. The number of benzene rings is 1. The first kappa shape index (κ1) is 13.4. The average molecular weight is 282 g/mol. The second-order valence-electron chi connectivity index (χ2n) is 5.13. The number of aromatic amines is 1. The van der Waals surface area contributed by atoms with Crippen LogP contribution < -0.4 is 4.74 Å². The lowest BCUT2D eigenvalue weighted by atomic mass is 10.2. The van der Waals surface area contributed by atoms with Gasteiger partial charge in [0.05, 0.1) is 17.7 Å². The maximum Gasteiger partial charge on any atom is 0.130 e. The zero-order valence-corrected chi connectivity index (χ0v) is 12.2. The van der Waals surface area contributed by atoms with Crippen LogP contribution in [0.3, 0.4) is 0 Å². The van der Waals surface area contributed by atoms with E-state index in [-0.39, 0.29) is 0 Å². The van der Waals surface area contributed by atoms with Crippen molar-refractivity contribution in [3.05, 3.63) is 54.7 Å². The summed E-state index contributed by atoms with van der Waals surface area (Å²) >= 11 is 0. The fraction of sp³-hybridized carbons (Fsp3) is 0.250. The third kappa shape index (κ3) is 2.97. The van der Waals surface area contributed by atoms with Crippen LogP contribution >= 0.6 is 0 Å². The fourth-order valence-corrected chi connectivity index (χ4v) is 2.22. The number of imidazole rings is 1. The SMILES string of the molecule is CC(C)n1nccc1COc1ccc(-c2c[nH]cn2)cc1. The molecule has 3 aromatic rings. The summed E-state index contributed by atoms with van der Waals surface area (Å²) in [7, 11) is 0. The van der Waals surface area contributed by atoms with Gasteiger partial charge < -0.3 is 9.72 Å². The van der Waals surface area contributed by atoms with E-state index in [1.165, 1.54) is 0 Å². The number of nitrogens with zero attached hydrogens (tertiary/aromatic N) is 3. The van der Waals surface area contributed by atoms with Gasteiger partial charge >= 0.3 is 0 Å². The van der Waals surface area contributed by atoms with Crippen molar-refractivity contribution in [1.29, 1.82) is 0 Å². The zero-order valence-electron chi connectivity index (χ0n) is 12.2. The number of H-pyrrole nitrogens is 1. The molecule has 0 fully saturated rings. The van der Waals surface area contributed by atoms with Gasteiger partial charge in [-0.15, -0.1) is 0 Å². The van der Waals surface area contributed by atoms with Crippen molar-refractivity contribution < 1.29 is 4.74 Å². The number of nitrogens with one attached hydrogen (secondary N) is 1. The van der Waals surface area contributed by atoms with Crippen molar-refractivity contribution in [3.8, 4) is 17.0 Å². The molecular weight excluding hydrogens is 264 g/mol. The third-order valence-electron chi connectivity index (χ3n) is 3.28. The van der Waals surface area contributed by atoms with Gasteiger partial charge in [-0.25, -0.2) is 4.98 Å². The Morgan fingerprint density at radius 1 is 1.19 bits per heavy atom. The molecule has 3 rings (SSSR count). The lowest BCUT2D eigenvalue weighted by Crippen LogP contribution is -2.09. The normalized spacial score (nSPS) is 11.0. The zero-order chi connectivity index (χ0) is 14.7. The van der Waals surface area contributed by atoms with Gasteiger partial charge in [0.1, 0.15) is 12.4 Å². The molecule has 0 saturated carbocycles. The topological polar surface area (TPSA) is 55.7 Å². The second kappa shape index (κ2) is 5.83. The van der Waals surface area contributed by atoms with E-state index in [4.69, 9.17) is 4.74 Å². The van der Waals surface area contributed by atoms with Crippen LogP contribution in [0.4, 0.5) is 0 Å². The molecule has 0 bridgehead atoms. The first-order chi connectivity index (χ1) is 10.2. The summed E-state index contributed by atoms with van der Waals surface area (Å²) in [6, 6.07) is 10.2. The van der Waals surface area contributed by atoms with Gasteiger partial charge in [-0.05, 0) is 44.2 Å². The largest absolute Gasteiger partial charge is 0.487 e. The van der Waals surface area contributed by atoms with E-state index in [1.807, 2.05) is 41.2 Å². The van der Waals surface area contributed by atoms with E-state index in [0.29, 0.717) is 12.6 Å². The van der Waals surface area contributed by atoms with E-state index in [1.54, 1.807) is 12.5 Å². The standard InChI is InChI=1S/C16H18N4O/c1-12(2)20-14(7-8-19-20)10-21-15-5-3-13(4-6-15)16-9-17-11-18-16/h3-9,11-12H,10H2,1-2H3,(H,17,18). The molecular formula is C16H18N4O. The molecule has 2 aromatic heterocycles. The van der Waals surface area contributed by atoms with Crippen LogP contribution in [0.15, 0.2) is 49.1 Å². The molecule has 21 heavy (non-hydrogen) atoms. The average Bonchev–Trinajstić information content (AvgIpc) is 3.17. The highest BCUT2D eigenvalue weighted by Crippen LogP contribution is 2.21. The molecule has 0 aliphatic carbocycles. The Labute approximate surface area is 123 Å². The van der Waals surface area contributed by atoms with E-state index in [2.05, 4.69) is 28.9 Å². The van der Waals surface area contributed by atoms with Crippen LogP contribution in [-0.4, -0.2) is 19.7 Å². The van der Waals surface area contributed by atoms with Crippen LogP contribution in [0.25, 0.3) is 11.3 Å². The quantitative estimate of drug-likeness (QED) is 0.780. The van der Waals surface area contributed by atoms with Crippen LogP contribution in [0.5, 0.6) is 5.75 Å². The minimum Gasteiger partial charge on any atom is -0.487 e. The molecule has 108 valence electrons. The van der Waals surface area contributed by atoms with Gasteiger partial charge in [-0.2, -0.15) is 5.10 Å².